The van der Waals surface area contributed by atoms with Crippen molar-refractivity contribution in [2.24, 2.45) is 0 Å². The molecule has 0 heterocycles. The molecule has 0 fully saturated rings. The predicted molar refractivity (Wildman–Crippen MR) is 101 cm³/mol. The molecular weight excluding hydrogens is 316 g/mol. The Morgan fingerprint density at radius 3 is 2.52 bits per heavy atom. The van der Waals surface area contributed by atoms with Gasteiger partial charge in [-0.25, -0.2) is 0 Å². The minimum Gasteiger partial charge on any atom is -0.496 e. The summed E-state index contributed by atoms with van der Waals surface area (Å²) in [7, 11) is 3.27. The number of benzene rings is 2. The molecule has 5 heteroatoms. The molecule has 2 aromatic carbocycles. The van der Waals surface area contributed by atoms with Gasteiger partial charge in [-0.15, -0.1) is 0 Å². The molecule has 0 aliphatic carbocycles. The van der Waals surface area contributed by atoms with Gasteiger partial charge in [-0.3, -0.25) is 4.79 Å². The highest BCUT2D eigenvalue weighted by Crippen LogP contribution is 2.25. The highest BCUT2D eigenvalue weighted by Gasteiger charge is 2.08. The molecule has 2 rings (SSSR count). The van der Waals surface area contributed by atoms with E-state index in [1.165, 1.54) is 0 Å². The lowest BCUT2D eigenvalue weighted by atomic mass is 10.1. The van der Waals surface area contributed by atoms with Crippen molar-refractivity contribution >= 4 is 11.6 Å². The fraction of sp³-hybridized carbons (Fsp3) is 0.350. The van der Waals surface area contributed by atoms with Crippen LogP contribution in [-0.2, 0) is 11.2 Å². The molecule has 2 aromatic rings. The Morgan fingerprint density at radius 2 is 1.76 bits per heavy atom. The van der Waals surface area contributed by atoms with Crippen molar-refractivity contribution in [1.29, 1.82) is 0 Å². The Kier molecular flexibility index (Phi) is 7.29. The van der Waals surface area contributed by atoms with Crippen molar-refractivity contribution in [2.45, 2.75) is 19.8 Å². The van der Waals surface area contributed by atoms with Gasteiger partial charge in [-0.05, 0) is 49.2 Å². The lowest BCUT2D eigenvalue weighted by Crippen LogP contribution is -2.23. The molecule has 25 heavy (non-hydrogen) atoms. The van der Waals surface area contributed by atoms with Crippen LogP contribution in [0.5, 0.6) is 11.5 Å². The third-order valence-corrected chi connectivity index (χ3v) is 3.92. The third kappa shape index (κ3) is 5.80. The molecule has 0 spiro atoms. The Labute approximate surface area is 149 Å². The molecule has 0 saturated carbocycles. The maximum absolute atomic E-state index is 12.1. The van der Waals surface area contributed by atoms with Gasteiger partial charge in [0.1, 0.15) is 11.5 Å². The Hall–Kier alpha value is -2.53. The molecular formula is C20H26N2O3. The molecule has 1 amide bonds. The van der Waals surface area contributed by atoms with Gasteiger partial charge >= 0.3 is 0 Å². The summed E-state index contributed by atoms with van der Waals surface area (Å²) < 4.78 is 10.6. The number of aryl methyl sites for hydroxylation is 1. The zero-order valence-electron chi connectivity index (χ0n) is 15.1. The first-order valence-electron chi connectivity index (χ1n) is 8.41. The molecule has 0 unspecified atom stereocenters. The van der Waals surface area contributed by atoms with Crippen molar-refractivity contribution in [3.05, 3.63) is 53.6 Å². The Morgan fingerprint density at radius 1 is 1.00 bits per heavy atom. The van der Waals surface area contributed by atoms with Crippen LogP contribution < -0.4 is 20.1 Å². The lowest BCUT2D eigenvalue weighted by molar-refractivity contribution is -0.116. The number of amides is 1. The van der Waals surface area contributed by atoms with E-state index in [4.69, 9.17) is 9.47 Å². The number of rotatable bonds is 9. The van der Waals surface area contributed by atoms with E-state index in [2.05, 4.69) is 16.7 Å². The standard InChI is InChI=1S/C20H26N2O3/c1-15-8-9-19(25-3)17(14-15)22-20(23)11-13-21-12-10-16-6-4-5-7-18(16)24-2/h4-9,14,21H,10-13H2,1-3H3,(H,22,23). The molecule has 2 N–H and O–H groups in total. The molecule has 0 aromatic heterocycles. The van der Waals surface area contributed by atoms with Crippen molar-refractivity contribution in [3.8, 4) is 11.5 Å². The summed E-state index contributed by atoms with van der Waals surface area (Å²) in [6.07, 6.45) is 1.26. The zero-order chi connectivity index (χ0) is 18.1. The molecule has 0 saturated heterocycles. The highest BCUT2D eigenvalue weighted by molar-refractivity contribution is 5.92. The lowest BCUT2D eigenvalue weighted by Gasteiger charge is -2.11. The highest BCUT2D eigenvalue weighted by atomic mass is 16.5. The van der Waals surface area contributed by atoms with Crippen molar-refractivity contribution in [2.75, 3.05) is 32.6 Å². The normalized spacial score (nSPS) is 10.4. The quantitative estimate of drug-likeness (QED) is 0.687. The molecule has 0 aliphatic rings. The van der Waals surface area contributed by atoms with Crippen LogP contribution >= 0.6 is 0 Å². The molecule has 0 aliphatic heterocycles. The van der Waals surface area contributed by atoms with Crippen molar-refractivity contribution < 1.29 is 14.3 Å². The number of hydrogen-bond acceptors (Lipinski definition) is 4. The molecule has 134 valence electrons. The van der Waals surface area contributed by atoms with Crippen molar-refractivity contribution in [1.82, 2.24) is 5.32 Å². The maximum Gasteiger partial charge on any atom is 0.225 e. The first-order valence-corrected chi connectivity index (χ1v) is 8.41. The second-order valence-electron chi connectivity index (χ2n) is 5.81. The summed E-state index contributed by atoms with van der Waals surface area (Å²) >= 11 is 0. The number of nitrogens with one attached hydrogen (secondary N) is 2. The van der Waals surface area contributed by atoms with Crippen LogP contribution in [0.2, 0.25) is 0 Å². The minimum absolute atomic E-state index is 0.0336. The van der Waals surface area contributed by atoms with E-state index in [1.807, 2.05) is 43.3 Å². The zero-order valence-corrected chi connectivity index (χ0v) is 15.1. The maximum atomic E-state index is 12.1. The molecule has 0 radical (unpaired) electrons. The van der Waals surface area contributed by atoms with Gasteiger partial charge in [-0.1, -0.05) is 24.3 Å². The van der Waals surface area contributed by atoms with Crippen LogP contribution in [0.15, 0.2) is 42.5 Å². The van der Waals surface area contributed by atoms with E-state index in [9.17, 15) is 4.79 Å². The van der Waals surface area contributed by atoms with Gasteiger partial charge in [0.25, 0.3) is 0 Å². The number of methoxy groups -OCH3 is 2. The van der Waals surface area contributed by atoms with Crippen LogP contribution in [0.4, 0.5) is 5.69 Å². The van der Waals surface area contributed by atoms with Crippen LogP contribution in [0.25, 0.3) is 0 Å². The van der Waals surface area contributed by atoms with Gasteiger partial charge < -0.3 is 20.1 Å². The number of carbonyl (C=O) groups is 1. The third-order valence-electron chi connectivity index (χ3n) is 3.92. The largest absolute Gasteiger partial charge is 0.496 e. The van der Waals surface area contributed by atoms with Crippen LogP contribution in [0.1, 0.15) is 17.5 Å². The molecule has 5 nitrogen and oxygen atoms in total. The van der Waals surface area contributed by atoms with Crippen LogP contribution in [0, 0.1) is 6.92 Å². The van der Waals surface area contributed by atoms with E-state index in [0.29, 0.717) is 24.4 Å². The van der Waals surface area contributed by atoms with Crippen LogP contribution in [-0.4, -0.2) is 33.2 Å². The van der Waals surface area contributed by atoms with Gasteiger partial charge in [0, 0.05) is 13.0 Å². The first kappa shape index (κ1) is 18.8. The fourth-order valence-corrected chi connectivity index (χ4v) is 2.59. The Balaban J connectivity index is 1.73. The van der Waals surface area contributed by atoms with E-state index in [-0.39, 0.29) is 5.91 Å². The van der Waals surface area contributed by atoms with Crippen LogP contribution in [0.3, 0.4) is 0 Å². The van der Waals surface area contributed by atoms with E-state index in [1.54, 1.807) is 14.2 Å². The number of para-hydroxylation sites is 1. The number of ether oxygens (including phenoxy) is 2. The van der Waals surface area contributed by atoms with E-state index >= 15 is 0 Å². The second-order valence-corrected chi connectivity index (χ2v) is 5.81. The minimum atomic E-state index is -0.0336. The average molecular weight is 342 g/mol. The average Bonchev–Trinajstić information content (AvgIpc) is 2.62. The van der Waals surface area contributed by atoms with Gasteiger partial charge in [-0.2, -0.15) is 0 Å². The molecule has 0 atom stereocenters. The number of anilines is 1. The summed E-state index contributed by atoms with van der Waals surface area (Å²) in [6, 6.07) is 13.7. The van der Waals surface area contributed by atoms with Gasteiger partial charge in [0.2, 0.25) is 5.91 Å². The SMILES string of the molecule is COc1ccccc1CCNCCC(=O)Nc1cc(C)ccc1OC. The smallest absolute Gasteiger partial charge is 0.225 e. The summed E-state index contributed by atoms with van der Waals surface area (Å²) in [6.45, 7) is 3.39. The second kappa shape index (κ2) is 9.69. The summed E-state index contributed by atoms with van der Waals surface area (Å²) in [5, 5.41) is 6.20. The Bertz CT molecular complexity index is 701. The van der Waals surface area contributed by atoms with Gasteiger partial charge in [0.05, 0.1) is 19.9 Å². The van der Waals surface area contributed by atoms with Crippen molar-refractivity contribution in [3.63, 3.8) is 0 Å². The number of carbonyl (C=O) groups excluding carboxylic acids is 1. The fourth-order valence-electron chi connectivity index (χ4n) is 2.59. The topological polar surface area (TPSA) is 59.6 Å². The molecule has 0 bridgehead atoms. The summed E-state index contributed by atoms with van der Waals surface area (Å²) in [5.74, 6) is 1.53. The van der Waals surface area contributed by atoms with Gasteiger partial charge in [0.15, 0.2) is 0 Å². The summed E-state index contributed by atoms with van der Waals surface area (Å²) in [4.78, 5) is 12.1. The summed E-state index contributed by atoms with van der Waals surface area (Å²) in [5.41, 5.74) is 2.94. The first-order chi connectivity index (χ1) is 12.1. The van der Waals surface area contributed by atoms with E-state index < -0.39 is 0 Å². The monoisotopic (exact) mass is 342 g/mol. The van der Waals surface area contributed by atoms with E-state index in [0.717, 1.165) is 29.8 Å². The predicted octanol–water partition coefficient (Wildman–Crippen LogP) is 3.17. The number of hydrogen-bond donors (Lipinski definition) is 2.